The first-order valence-electron chi connectivity index (χ1n) is 9.18. The fourth-order valence-corrected chi connectivity index (χ4v) is 3.50. The number of nitrogens with one attached hydrogen (secondary N) is 2. The number of aliphatic hydroxyl groups is 1. The summed E-state index contributed by atoms with van der Waals surface area (Å²) in [4.78, 5) is 0. The molecule has 0 aliphatic carbocycles. The van der Waals surface area contributed by atoms with E-state index in [1.165, 1.54) is 0 Å². The van der Waals surface area contributed by atoms with Crippen molar-refractivity contribution in [2.24, 2.45) is 5.41 Å². The van der Waals surface area contributed by atoms with Crippen LogP contribution in [0.25, 0.3) is 0 Å². The Morgan fingerprint density at radius 3 is 1.96 bits per heavy atom. The maximum atomic E-state index is 12.2. The zero-order valence-corrected chi connectivity index (χ0v) is 18.1. The molecule has 150 valence electrons. The number of benzene rings is 1. The van der Waals surface area contributed by atoms with Gasteiger partial charge in [-0.3, -0.25) is 4.72 Å². The smallest absolute Gasteiger partial charge is 0.232 e. The summed E-state index contributed by atoms with van der Waals surface area (Å²) in [5.74, 6) is 0.0869. The van der Waals surface area contributed by atoms with Crippen molar-refractivity contribution in [1.29, 1.82) is 0 Å². The van der Waals surface area contributed by atoms with Gasteiger partial charge in [-0.15, -0.1) is 0 Å². The highest BCUT2D eigenvalue weighted by Gasteiger charge is 2.34. The predicted molar refractivity (Wildman–Crippen MR) is 110 cm³/mol. The van der Waals surface area contributed by atoms with Crippen LogP contribution in [0.4, 0.5) is 5.69 Å². The minimum Gasteiger partial charge on any atom is -0.390 e. The lowest BCUT2D eigenvalue weighted by molar-refractivity contribution is -0.0344. The number of anilines is 1. The SMILES string of the molecule is CC(C)(C)NCCCS(=O)(=O)Nc1ccc(CC(C)(C)C(C)(C)O)cc1. The molecule has 0 aliphatic rings. The van der Waals surface area contributed by atoms with E-state index in [1.807, 2.05) is 39.8 Å². The second-order valence-electron chi connectivity index (χ2n) is 9.27. The zero-order chi connectivity index (χ0) is 20.2. The van der Waals surface area contributed by atoms with E-state index in [0.29, 0.717) is 25.1 Å². The van der Waals surface area contributed by atoms with E-state index in [-0.39, 0.29) is 16.7 Å². The first kappa shape index (κ1) is 22.9. The van der Waals surface area contributed by atoms with Crippen LogP contribution in [0.3, 0.4) is 0 Å². The minimum absolute atomic E-state index is 0.00999. The number of sulfonamides is 1. The largest absolute Gasteiger partial charge is 0.390 e. The summed E-state index contributed by atoms with van der Waals surface area (Å²) in [6.45, 7) is 14.5. The third-order valence-corrected chi connectivity index (χ3v) is 6.15. The molecule has 0 saturated carbocycles. The molecule has 3 N–H and O–H groups in total. The second-order valence-corrected chi connectivity index (χ2v) is 11.1. The van der Waals surface area contributed by atoms with Gasteiger partial charge in [-0.25, -0.2) is 8.42 Å². The fourth-order valence-electron chi connectivity index (χ4n) is 2.37. The Morgan fingerprint density at radius 2 is 1.50 bits per heavy atom. The maximum Gasteiger partial charge on any atom is 0.232 e. The predicted octanol–water partition coefficient (Wildman–Crippen LogP) is 3.55. The average Bonchev–Trinajstić information content (AvgIpc) is 2.43. The van der Waals surface area contributed by atoms with E-state index in [2.05, 4.69) is 30.8 Å². The van der Waals surface area contributed by atoms with Crippen LogP contribution in [0.5, 0.6) is 0 Å². The Balaban J connectivity index is 2.61. The Bertz CT molecular complexity index is 666. The van der Waals surface area contributed by atoms with Crippen LogP contribution in [0.2, 0.25) is 0 Å². The van der Waals surface area contributed by atoms with Gasteiger partial charge in [0.2, 0.25) is 10.0 Å². The molecule has 0 bridgehead atoms. The van der Waals surface area contributed by atoms with E-state index in [9.17, 15) is 13.5 Å². The van der Waals surface area contributed by atoms with Crippen molar-refractivity contribution in [2.45, 2.75) is 72.4 Å². The van der Waals surface area contributed by atoms with Gasteiger partial charge >= 0.3 is 0 Å². The summed E-state index contributed by atoms with van der Waals surface area (Å²) in [5, 5.41) is 13.6. The van der Waals surface area contributed by atoms with Gasteiger partial charge in [0, 0.05) is 11.2 Å². The zero-order valence-electron chi connectivity index (χ0n) is 17.3. The second kappa shape index (κ2) is 8.28. The molecule has 0 amide bonds. The van der Waals surface area contributed by atoms with E-state index in [4.69, 9.17) is 0 Å². The van der Waals surface area contributed by atoms with E-state index in [1.54, 1.807) is 12.1 Å². The standard InChI is InChI=1S/C20H36N2O3S/c1-18(2,3)21-13-8-14-26(24,25)22-17-11-9-16(10-12-17)15-19(4,5)20(6,7)23/h9-12,21-23H,8,13-15H2,1-7H3. The number of hydrogen-bond donors (Lipinski definition) is 3. The molecule has 1 aromatic carbocycles. The normalized spacial score (nSPS) is 13.7. The quantitative estimate of drug-likeness (QED) is 0.569. The lowest BCUT2D eigenvalue weighted by Crippen LogP contribution is -2.40. The van der Waals surface area contributed by atoms with Gasteiger partial charge in [0.15, 0.2) is 0 Å². The Hall–Kier alpha value is -1.11. The molecule has 0 fully saturated rings. The molecular weight excluding hydrogens is 348 g/mol. The average molecular weight is 385 g/mol. The van der Waals surface area contributed by atoms with Crippen LogP contribution in [0.1, 0.15) is 60.5 Å². The highest BCUT2D eigenvalue weighted by molar-refractivity contribution is 7.92. The van der Waals surface area contributed by atoms with Gasteiger partial charge in [0.1, 0.15) is 0 Å². The lowest BCUT2D eigenvalue weighted by Gasteiger charge is -2.37. The summed E-state index contributed by atoms with van der Waals surface area (Å²) in [6.07, 6.45) is 1.27. The number of rotatable bonds is 9. The first-order chi connectivity index (χ1) is 11.6. The van der Waals surface area contributed by atoms with E-state index in [0.717, 1.165) is 5.56 Å². The number of hydrogen-bond acceptors (Lipinski definition) is 4. The molecule has 0 unspecified atom stereocenters. The van der Waals surface area contributed by atoms with Crippen molar-refractivity contribution in [3.05, 3.63) is 29.8 Å². The van der Waals surface area contributed by atoms with Gasteiger partial charge in [0.25, 0.3) is 0 Å². The van der Waals surface area contributed by atoms with Gasteiger partial charge in [0.05, 0.1) is 11.4 Å². The fraction of sp³-hybridized carbons (Fsp3) is 0.700. The first-order valence-corrected chi connectivity index (χ1v) is 10.8. The van der Waals surface area contributed by atoms with Crippen molar-refractivity contribution in [3.63, 3.8) is 0 Å². The van der Waals surface area contributed by atoms with Crippen molar-refractivity contribution in [1.82, 2.24) is 5.32 Å². The van der Waals surface area contributed by atoms with Gasteiger partial charge < -0.3 is 10.4 Å². The summed E-state index contributed by atoms with van der Waals surface area (Å²) >= 11 is 0. The summed E-state index contributed by atoms with van der Waals surface area (Å²) in [6, 6.07) is 7.38. The molecule has 26 heavy (non-hydrogen) atoms. The highest BCUT2D eigenvalue weighted by Crippen LogP contribution is 2.34. The van der Waals surface area contributed by atoms with E-state index >= 15 is 0 Å². The van der Waals surface area contributed by atoms with Crippen molar-refractivity contribution in [2.75, 3.05) is 17.0 Å². The van der Waals surface area contributed by atoms with Crippen LogP contribution in [0, 0.1) is 5.41 Å². The third kappa shape index (κ3) is 8.06. The molecule has 0 saturated heterocycles. The molecular formula is C20H36N2O3S. The van der Waals surface area contributed by atoms with Crippen molar-refractivity contribution < 1.29 is 13.5 Å². The molecule has 0 aromatic heterocycles. The summed E-state index contributed by atoms with van der Waals surface area (Å²) < 4.78 is 27.0. The highest BCUT2D eigenvalue weighted by atomic mass is 32.2. The molecule has 5 nitrogen and oxygen atoms in total. The molecule has 0 spiro atoms. The van der Waals surface area contributed by atoms with Gasteiger partial charge in [-0.2, -0.15) is 0 Å². The topological polar surface area (TPSA) is 78.4 Å². The van der Waals surface area contributed by atoms with Crippen LogP contribution in [0.15, 0.2) is 24.3 Å². The summed E-state index contributed by atoms with van der Waals surface area (Å²) in [5.41, 5.74) is 0.542. The van der Waals surface area contributed by atoms with Crippen LogP contribution < -0.4 is 10.0 Å². The monoisotopic (exact) mass is 384 g/mol. The minimum atomic E-state index is -3.35. The van der Waals surface area contributed by atoms with E-state index < -0.39 is 15.6 Å². The molecule has 1 rings (SSSR count). The molecule has 0 heterocycles. The lowest BCUT2D eigenvalue weighted by atomic mass is 9.73. The van der Waals surface area contributed by atoms with Gasteiger partial charge in [-0.1, -0.05) is 26.0 Å². The van der Waals surface area contributed by atoms with Gasteiger partial charge in [-0.05, 0) is 77.1 Å². The molecule has 1 aromatic rings. The summed E-state index contributed by atoms with van der Waals surface area (Å²) in [7, 11) is -3.35. The maximum absolute atomic E-state index is 12.2. The van der Waals surface area contributed by atoms with Crippen LogP contribution in [-0.2, 0) is 16.4 Å². The Labute approximate surface area is 159 Å². The Kier molecular flexibility index (Phi) is 7.30. The Morgan fingerprint density at radius 1 is 0.962 bits per heavy atom. The molecule has 0 aliphatic heterocycles. The third-order valence-electron chi connectivity index (χ3n) is 4.77. The molecule has 6 heteroatoms. The molecule has 0 atom stereocenters. The van der Waals surface area contributed by atoms with Crippen LogP contribution >= 0.6 is 0 Å². The van der Waals surface area contributed by atoms with Crippen molar-refractivity contribution in [3.8, 4) is 0 Å². The molecule has 0 radical (unpaired) electrons. The van der Waals surface area contributed by atoms with Crippen molar-refractivity contribution >= 4 is 15.7 Å². The van der Waals surface area contributed by atoms with Crippen LogP contribution in [-0.4, -0.2) is 37.0 Å².